The van der Waals surface area contributed by atoms with Gasteiger partial charge in [-0.15, -0.1) is 11.3 Å². The van der Waals surface area contributed by atoms with Crippen LogP contribution < -0.4 is 0 Å². The fourth-order valence-electron chi connectivity index (χ4n) is 4.11. The van der Waals surface area contributed by atoms with Gasteiger partial charge in [0.25, 0.3) is 5.91 Å². The van der Waals surface area contributed by atoms with Gasteiger partial charge in [-0.2, -0.15) is 10.2 Å². The number of thiophene rings is 1. The molecule has 2 fully saturated rings. The minimum atomic E-state index is 0.0946. The van der Waals surface area contributed by atoms with Gasteiger partial charge in [0, 0.05) is 36.5 Å². The van der Waals surface area contributed by atoms with Gasteiger partial charge >= 0.3 is 0 Å². The number of aromatic nitrogens is 2. The average molecular weight is 342 g/mol. The van der Waals surface area contributed by atoms with Gasteiger partial charge in [-0.3, -0.25) is 9.69 Å². The number of likely N-dealkylation sites (tertiary alicyclic amines) is 2. The monoisotopic (exact) mass is 342 g/mol. The Labute approximate surface area is 146 Å². The molecular weight excluding hydrogens is 320 g/mol. The molecule has 2 aliphatic heterocycles. The van der Waals surface area contributed by atoms with E-state index in [0.29, 0.717) is 5.56 Å². The predicted molar refractivity (Wildman–Crippen MR) is 93.8 cm³/mol. The molecule has 0 N–H and O–H groups in total. The zero-order valence-corrected chi connectivity index (χ0v) is 14.5. The maximum absolute atomic E-state index is 12.7. The Morgan fingerprint density at radius 3 is 2.96 bits per heavy atom. The number of rotatable bonds is 3. The second-order valence-electron chi connectivity index (χ2n) is 7.00. The first-order valence-electron chi connectivity index (χ1n) is 8.55. The van der Waals surface area contributed by atoms with Crippen molar-refractivity contribution in [2.75, 3.05) is 26.2 Å². The topological polar surface area (TPSA) is 49.3 Å². The van der Waals surface area contributed by atoms with Crippen LogP contribution in [0, 0.1) is 5.41 Å². The molecule has 126 valence electrons. The van der Waals surface area contributed by atoms with Crippen LogP contribution in [0.2, 0.25) is 0 Å². The van der Waals surface area contributed by atoms with Crippen LogP contribution in [0.3, 0.4) is 0 Å². The first-order chi connectivity index (χ1) is 11.7. The highest BCUT2D eigenvalue weighted by Gasteiger charge is 2.42. The third-order valence-electron chi connectivity index (χ3n) is 5.26. The minimum Gasteiger partial charge on any atom is -0.338 e. The number of hydrogen-bond acceptors (Lipinski definition) is 5. The molecule has 2 aromatic heterocycles. The van der Waals surface area contributed by atoms with Crippen LogP contribution in [-0.2, 0) is 6.54 Å². The van der Waals surface area contributed by atoms with Crippen LogP contribution in [0.1, 0.15) is 34.5 Å². The maximum Gasteiger partial charge on any atom is 0.255 e. The average Bonchev–Trinajstić information content (AvgIpc) is 3.26. The standard InChI is InChI=1S/C18H22N4OS/c23-17(15-4-7-19-20-11-15)22-9-6-18(14-22)5-2-8-21(13-18)12-16-3-1-10-24-16/h1,3-4,7,10-11H,2,5-6,8-9,12-14H2. The molecule has 4 rings (SSSR count). The second kappa shape index (κ2) is 6.61. The molecular formula is C18H22N4OS. The van der Waals surface area contributed by atoms with Gasteiger partial charge in [-0.1, -0.05) is 6.07 Å². The SMILES string of the molecule is O=C(c1ccnnc1)N1CCC2(CCCN(Cc3cccs3)C2)C1. The zero-order valence-electron chi connectivity index (χ0n) is 13.7. The van der Waals surface area contributed by atoms with E-state index >= 15 is 0 Å². The summed E-state index contributed by atoms with van der Waals surface area (Å²) in [6, 6.07) is 6.09. The van der Waals surface area contributed by atoms with Crippen molar-refractivity contribution in [1.29, 1.82) is 0 Å². The summed E-state index contributed by atoms with van der Waals surface area (Å²) in [5.41, 5.74) is 0.916. The highest BCUT2D eigenvalue weighted by molar-refractivity contribution is 7.09. The smallest absolute Gasteiger partial charge is 0.255 e. The van der Waals surface area contributed by atoms with Crippen molar-refractivity contribution in [2.45, 2.75) is 25.8 Å². The minimum absolute atomic E-state index is 0.0946. The molecule has 0 aromatic carbocycles. The summed E-state index contributed by atoms with van der Waals surface area (Å²) in [5.74, 6) is 0.0946. The van der Waals surface area contributed by atoms with Crippen LogP contribution >= 0.6 is 11.3 Å². The van der Waals surface area contributed by atoms with Crippen molar-refractivity contribution in [3.63, 3.8) is 0 Å². The van der Waals surface area contributed by atoms with E-state index in [2.05, 4.69) is 32.6 Å². The van der Waals surface area contributed by atoms with Crippen LogP contribution in [0.15, 0.2) is 36.0 Å². The Morgan fingerprint density at radius 1 is 1.21 bits per heavy atom. The van der Waals surface area contributed by atoms with E-state index in [0.717, 1.165) is 32.6 Å². The third kappa shape index (κ3) is 3.21. The van der Waals surface area contributed by atoms with Gasteiger partial charge < -0.3 is 4.90 Å². The molecule has 4 heterocycles. The third-order valence-corrected chi connectivity index (χ3v) is 6.12. The highest BCUT2D eigenvalue weighted by atomic mass is 32.1. The fourth-order valence-corrected chi connectivity index (χ4v) is 4.86. The van der Waals surface area contributed by atoms with Crippen molar-refractivity contribution in [1.82, 2.24) is 20.0 Å². The normalized spacial score (nSPS) is 24.6. The summed E-state index contributed by atoms with van der Waals surface area (Å²) in [7, 11) is 0. The number of amides is 1. The molecule has 2 aromatic rings. The Morgan fingerprint density at radius 2 is 2.17 bits per heavy atom. The first-order valence-corrected chi connectivity index (χ1v) is 9.43. The lowest BCUT2D eigenvalue weighted by atomic mass is 9.79. The van der Waals surface area contributed by atoms with Gasteiger partial charge in [0.1, 0.15) is 0 Å². The molecule has 24 heavy (non-hydrogen) atoms. The number of nitrogens with zero attached hydrogens (tertiary/aromatic N) is 4. The van der Waals surface area contributed by atoms with E-state index in [4.69, 9.17) is 0 Å². The molecule has 1 unspecified atom stereocenters. The Balaban J connectivity index is 1.42. The lowest BCUT2D eigenvalue weighted by Gasteiger charge is -2.40. The molecule has 0 saturated carbocycles. The lowest BCUT2D eigenvalue weighted by Crippen LogP contribution is -2.44. The van der Waals surface area contributed by atoms with Gasteiger partial charge in [-0.25, -0.2) is 0 Å². The van der Waals surface area contributed by atoms with Crippen molar-refractivity contribution in [3.05, 3.63) is 46.4 Å². The quantitative estimate of drug-likeness (QED) is 0.860. The van der Waals surface area contributed by atoms with Crippen LogP contribution in [0.25, 0.3) is 0 Å². The number of hydrogen-bond donors (Lipinski definition) is 0. The van der Waals surface area contributed by atoms with Crippen molar-refractivity contribution in [3.8, 4) is 0 Å². The van der Waals surface area contributed by atoms with Gasteiger partial charge in [0.2, 0.25) is 0 Å². The van der Waals surface area contributed by atoms with Crippen molar-refractivity contribution >= 4 is 17.2 Å². The Kier molecular flexibility index (Phi) is 4.33. The largest absolute Gasteiger partial charge is 0.338 e. The Hall–Kier alpha value is -1.79. The van der Waals surface area contributed by atoms with E-state index in [-0.39, 0.29) is 11.3 Å². The van der Waals surface area contributed by atoms with Crippen LogP contribution in [0.4, 0.5) is 0 Å². The number of carbonyl (C=O) groups is 1. The second-order valence-corrected chi connectivity index (χ2v) is 8.03. The molecule has 6 heteroatoms. The van der Waals surface area contributed by atoms with Crippen LogP contribution in [-0.4, -0.2) is 52.1 Å². The van der Waals surface area contributed by atoms with Crippen LogP contribution in [0.5, 0.6) is 0 Å². The molecule has 0 bridgehead atoms. The summed E-state index contributed by atoms with van der Waals surface area (Å²) in [4.78, 5) is 18.7. The molecule has 2 aliphatic rings. The van der Waals surface area contributed by atoms with Gasteiger partial charge in [0.05, 0.1) is 18.0 Å². The van der Waals surface area contributed by atoms with Gasteiger partial charge in [0.15, 0.2) is 0 Å². The zero-order chi connectivity index (χ0) is 16.4. The molecule has 2 saturated heterocycles. The lowest BCUT2D eigenvalue weighted by molar-refractivity contribution is 0.0677. The van der Waals surface area contributed by atoms with E-state index in [9.17, 15) is 4.79 Å². The van der Waals surface area contributed by atoms with Crippen molar-refractivity contribution in [2.24, 2.45) is 5.41 Å². The first kappa shape index (κ1) is 15.7. The molecule has 1 atom stereocenters. The molecule has 1 amide bonds. The summed E-state index contributed by atoms with van der Waals surface area (Å²) >= 11 is 1.83. The predicted octanol–water partition coefficient (Wildman–Crippen LogP) is 2.67. The van der Waals surface area contributed by atoms with E-state index in [1.165, 1.54) is 24.3 Å². The number of piperidine rings is 1. The molecule has 0 aliphatic carbocycles. The summed E-state index contributed by atoms with van der Waals surface area (Å²) in [6.45, 7) is 5.04. The molecule has 1 spiro atoms. The van der Waals surface area contributed by atoms with E-state index in [1.54, 1.807) is 18.5 Å². The summed E-state index contributed by atoms with van der Waals surface area (Å²) in [6.07, 6.45) is 6.72. The van der Waals surface area contributed by atoms with Gasteiger partial charge in [-0.05, 0) is 43.3 Å². The Bertz CT molecular complexity index is 690. The fraction of sp³-hybridized carbons (Fsp3) is 0.500. The summed E-state index contributed by atoms with van der Waals surface area (Å²) in [5, 5.41) is 9.73. The van der Waals surface area contributed by atoms with E-state index < -0.39 is 0 Å². The number of carbonyl (C=O) groups excluding carboxylic acids is 1. The molecule has 0 radical (unpaired) electrons. The maximum atomic E-state index is 12.7. The highest BCUT2D eigenvalue weighted by Crippen LogP contribution is 2.39. The summed E-state index contributed by atoms with van der Waals surface area (Å²) < 4.78 is 0. The molecule has 5 nitrogen and oxygen atoms in total. The van der Waals surface area contributed by atoms with Crippen molar-refractivity contribution < 1.29 is 4.79 Å². The van der Waals surface area contributed by atoms with E-state index in [1.807, 2.05) is 16.2 Å².